The fraction of sp³-hybridized carbons (Fsp3) is 0.0833. The van der Waals surface area contributed by atoms with Crippen molar-refractivity contribution < 1.29 is 0 Å². The maximum absolute atomic E-state index is 4.62. The zero-order valence-electron chi connectivity index (χ0n) is 17.0. The maximum atomic E-state index is 4.62. The summed E-state index contributed by atoms with van der Waals surface area (Å²) in [7, 11) is 1.97. The molecular weight excluding hydrogens is 452 g/mol. The van der Waals surface area contributed by atoms with Crippen LogP contribution in [0.25, 0.3) is 33.2 Å². The summed E-state index contributed by atoms with van der Waals surface area (Å²) in [6.45, 7) is 1.95. The number of hydrogen-bond acceptors (Lipinski definition) is 5. The van der Waals surface area contributed by atoms with Crippen molar-refractivity contribution in [1.82, 2.24) is 19.7 Å². The van der Waals surface area contributed by atoms with E-state index in [1.165, 1.54) is 11.1 Å². The van der Waals surface area contributed by atoms with Crippen molar-refractivity contribution in [2.45, 2.75) is 6.92 Å². The fourth-order valence-electron chi connectivity index (χ4n) is 3.61. The lowest BCUT2D eigenvalue weighted by atomic mass is 10.0. The molecular formula is C24H19BrN6. The summed E-state index contributed by atoms with van der Waals surface area (Å²) in [5, 5.41) is 14.1. The van der Waals surface area contributed by atoms with Gasteiger partial charge in [-0.2, -0.15) is 10.1 Å². The molecule has 5 rings (SSSR count). The van der Waals surface area contributed by atoms with Gasteiger partial charge in [0.1, 0.15) is 5.52 Å². The Balaban J connectivity index is 1.40. The van der Waals surface area contributed by atoms with Crippen LogP contribution in [0.3, 0.4) is 0 Å². The first kappa shape index (κ1) is 19.4. The van der Waals surface area contributed by atoms with Crippen molar-refractivity contribution in [2.24, 2.45) is 12.1 Å². The summed E-state index contributed by atoms with van der Waals surface area (Å²) >= 11 is 3.51. The molecule has 6 nitrogen and oxygen atoms in total. The molecule has 0 atom stereocenters. The number of aryl methyl sites for hydroxylation is 1. The molecule has 0 aliphatic rings. The summed E-state index contributed by atoms with van der Waals surface area (Å²) < 4.78 is 3.01. The Kier molecular flexibility index (Phi) is 4.95. The lowest BCUT2D eigenvalue weighted by molar-refractivity contribution is 0.949. The van der Waals surface area contributed by atoms with Crippen LogP contribution in [0.4, 0.5) is 5.95 Å². The van der Waals surface area contributed by atoms with E-state index in [2.05, 4.69) is 78.0 Å². The Morgan fingerprint density at radius 3 is 2.45 bits per heavy atom. The minimum absolute atomic E-state index is 0.359. The van der Waals surface area contributed by atoms with Gasteiger partial charge in [-0.15, -0.1) is 10.2 Å². The van der Waals surface area contributed by atoms with E-state index in [1.807, 2.05) is 54.9 Å². The van der Waals surface area contributed by atoms with E-state index < -0.39 is 0 Å². The number of nitrogens with zero attached hydrogens (tertiary/aromatic N) is 5. The molecule has 31 heavy (non-hydrogen) atoms. The van der Waals surface area contributed by atoms with Gasteiger partial charge in [0.05, 0.1) is 11.2 Å². The highest BCUT2D eigenvalue weighted by Crippen LogP contribution is 2.28. The second kappa shape index (κ2) is 7.92. The van der Waals surface area contributed by atoms with Gasteiger partial charge in [-0.05, 0) is 41.8 Å². The highest BCUT2D eigenvalue weighted by Gasteiger charge is 2.13. The molecule has 7 heteroatoms. The first-order valence-corrected chi connectivity index (χ1v) is 10.6. The van der Waals surface area contributed by atoms with E-state index >= 15 is 0 Å². The normalized spacial score (nSPS) is 11.9. The molecule has 0 radical (unpaired) electrons. The smallest absolute Gasteiger partial charge is 0.265 e. The second-order valence-electron chi connectivity index (χ2n) is 7.28. The van der Waals surface area contributed by atoms with Crippen LogP contribution in [0.15, 0.2) is 82.4 Å². The van der Waals surface area contributed by atoms with Crippen LogP contribution in [-0.4, -0.2) is 25.5 Å². The molecule has 0 saturated carbocycles. The third kappa shape index (κ3) is 3.68. The predicted octanol–water partition coefficient (Wildman–Crippen LogP) is 5.78. The van der Waals surface area contributed by atoms with Crippen LogP contribution in [0.5, 0.6) is 0 Å². The first-order valence-electron chi connectivity index (χ1n) is 9.85. The Morgan fingerprint density at radius 1 is 0.935 bits per heavy atom. The van der Waals surface area contributed by atoms with Crippen molar-refractivity contribution in [2.75, 3.05) is 5.43 Å². The molecule has 3 aromatic carbocycles. The van der Waals surface area contributed by atoms with Crippen LogP contribution in [0.1, 0.15) is 12.5 Å². The van der Waals surface area contributed by atoms with Crippen LogP contribution in [0.2, 0.25) is 0 Å². The lowest BCUT2D eigenvalue weighted by Crippen LogP contribution is -2.04. The van der Waals surface area contributed by atoms with Gasteiger partial charge >= 0.3 is 0 Å². The maximum Gasteiger partial charge on any atom is 0.265 e. The van der Waals surface area contributed by atoms with Crippen LogP contribution >= 0.6 is 15.9 Å². The highest BCUT2D eigenvalue weighted by molar-refractivity contribution is 9.10. The van der Waals surface area contributed by atoms with Crippen LogP contribution < -0.4 is 5.43 Å². The molecule has 0 unspecified atom stereocenters. The van der Waals surface area contributed by atoms with Crippen molar-refractivity contribution in [1.29, 1.82) is 0 Å². The molecule has 0 aliphatic carbocycles. The number of fused-ring (bicyclic) bond motifs is 3. The fourth-order valence-corrected chi connectivity index (χ4v) is 3.97. The average molecular weight is 471 g/mol. The topological polar surface area (TPSA) is 68.0 Å². The molecule has 0 fully saturated rings. The van der Waals surface area contributed by atoms with E-state index in [1.54, 1.807) is 0 Å². The molecule has 0 amide bonds. The number of benzene rings is 3. The molecule has 2 heterocycles. The summed E-state index contributed by atoms with van der Waals surface area (Å²) in [5.74, 6) is 0.359. The quantitative estimate of drug-likeness (QED) is 0.267. The summed E-state index contributed by atoms with van der Waals surface area (Å²) in [5.41, 5.74) is 9.74. The van der Waals surface area contributed by atoms with Crippen LogP contribution in [0, 0.1) is 0 Å². The van der Waals surface area contributed by atoms with E-state index in [-0.39, 0.29) is 0 Å². The Bertz CT molecular complexity index is 1420. The molecule has 2 aromatic heterocycles. The van der Waals surface area contributed by atoms with Gasteiger partial charge in [0.2, 0.25) is 0 Å². The van der Waals surface area contributed by atoms with Gasteiger partial charge in [-0.25, -0.2) is 5.43 Å². The Labute approximate surface area is 187 Å². The first-order chi connectivity index (χ1) is 15.1. The predicted molar refractivity (Wildman–Crippen MR) is 129 cm³/mol. The SMILES string of the molecule is CC(=NNc1nnc2c3cc(Br)ccc3n(C)c2n1)c1ccc(-c2ccccc2)cc1. The van der Waals surface area contributed by atoms with Gasteiger partial charge in [0.25, 0.3) is 5.95 Å². The van der Waals surface area contributed by atoms with E-state index in [0.29, 0.717) is 5.95 Å². The zero-order chi connectivity index (χ0) is 21.4. The van der Waals surface area contributed by atoms with E-state index in [0.717, 1.165) is 37.8 Å². The molecule has 0 bridgehead atoms. The van der Waals surface area contributed by atoms with E-state index in [9.17, 15) is 0 Å². The lowest BCUT2D eigenvalue weighted by Gasteiger charge is -2.05. The average Bonchev–Trinajstić information content (AvgIpc) is 3.09. The number of hydrazone groups is 1. The minimum Gasteiger partial charge on any atom is -0.327 e. The number of halogens is 1. The van der Waals surface area contributed by atoms with Crippen molar-refractivity contribution in [3.05, 3.63) is 82.8 Å². The summed E-state index contributed by atoms with van der Waals surface area (Å²) in [6, 6.07) is 24.7. The van der Waals surface area contributed by atoms with Gasteiger partial charge in [-0.3, -0.25) is 0 Å². The number of anilines is 1. The van der Waals surface area contributed by atoms with E-state index in [4.69, 9.17) is 0 Å². The van der Waals surface area contributed by atoms with Crippen molar-refractivity contribution in [3.63, 3.8) is 0 Å². The van der Waals surface area contributed by atoms with Gasteiger partial charge in [0.15, 0.2) is 5.65 Å². The third-order valence-corrected chi connectivity index (χ3v) is 5.79. The zero-order valence-corrected chi connectivity index (χ0v) is 18.6. The monoisotopic (exact) mass is 470 g/mol. The number of aromatic nitrogens is 4. The standard InChI is InChI=1S/C24H19BrN6/c1-15(16-8-10-18(11-9-16)17-6-4-3-5-7-17)27-29-24-26-23-22(28-30-24)20-14-19(25)12-13-21(20)31(23)2/h3-14H,1-2H3,(H,26,29,30). The minimum atomic E-state index is 0.359. The highest BCUT2D eigenvalue weighted by atomic mass is 79.9. The molecule has 5 aromatic rings. The number of rotatable bonds is 4. The number of hydrogen-bond donors (Lipinski definition) is 1. The Morgan fingerprint density at radius 2 is 1.68 bits per heavy atom. The van der Waals surface area contributed by atoms with Crippen molar-refractivity contribution >= 4 is 49.7 Å². The van der Waals surface area contributed by atoms with Crippen LogP contribution in [-0.2, 0) is 7.05 Å². The Hall–Kier alpha value is -3.58. The van der Waals surface area contributed by atoms with Gasteiger partial charge < -0.3 is 4.57 Å². The second-order valence-corrected chi connectivity index (χ2v) is 8.20. The number of nitrogens with one attached hydrogen (secondary N) is 1. The molecule has 0 aliphatic heterocycles. The molecule has 152 valence electrons. The van der Waals surface area contributed by atoms with Crippen molar-refractivity contribution in [3.8, 4) is 11.1 Å². The summed E-state index contributed by atoms with van der Waals surface area (Å²) in [4.78, 5) is 4.62. The molecule has 0 saturated heterocycles. The third-order valence-electron chi connectivity index (χ3n) is 5.29. The van der Waals surface area contributed by atoms with Gasteiger partial charge in [-0.1, -0.05) is 70.5 Å². The summed E-state index contributed by atoms with van der Waals surface area (Å²) in [6.07, 6.45) is 0. The molecule has 1 N–H and O–H groups in total. The molecule has 0 spiro atoms. The van der Waals surface area contributed by atoms with Gasteiger partial charge in [0, 0.05) is 16.9 Å². The largest absolute Gasteiger partial charge is 0.327 e.